The number of carbonyl (C=O) groups is 2. The van der Waals surface area contributed by atoms with Crippen LogP contribution in [0.15, 0.2) is 71.6 Å². The first kappa shape index (κ1) is 24.3. The number of hydrogen-bond acceptors (Lipinski definition) is 6. The summed E-state index contributed by atoms with van der Waals surface area (Å²) in [6, 6.07) is 14.2. The lowest BCUT2D eigenvalue weighted by Crippen LogP contribution is -2.42. The summed E-state index contributed by atoms with van der Waals surface area (Å²) >= 11 is 0. The monoisotopic (exact) mass is 486 g/mol. The van der Waals surface area contributed by atoms with E-state index in [0.717, 1.165) is 6.07 Å². The number of rotatable bonds is 7. The number of anilines is 1. The van der Waals surface area contributed by atoms with Gasteiger partial charge in [-0.15, -0.1) is 0 Å². The highest BCUT2D eigenvalue weighted by atomic mass is 32.2. The Hall–Kier alpha value is -4.32. The molecule has 0 saturated heterocycles. The van der Waals surface area contributed by atoms with Gasteiger partial charge in [-0.1, -0.05) is 18.2 Å². The highest BCUT2D eigenvalue weighted by molar-refractivity contribution is 7.92. The van der Waals surface area contributed by atoms with E-state index in [1.165, 1.54) is 67.6 Å². The van der Waals surface area contributed by atoms with Crippen LogP contribution in [0.2, 0.25) is 0 Å². The second-order valence-corrected chi connectivity index (χ2v) is 8.88. The molecular formula is C22H19FN4O6S. The molecule has 0 aliphatic carbocycles. The average molecular weight is 486 g/mol. The van der Waals surface area contributed by atoms with Crippen molar-refractivity contribution in [1.82, 2.24) is 10.9 Å². The van der Waals surface area contributed by atoms with Gasteiger partial charge in [-0.2, -0.15) is 0 Å². The molecule has 2 amide bonds. The fraction of sp³-hybridized carbons (Fsp3) is 0.0909. The SMILES string of the molecule is Cc1ccc(S(=O)(=O)Nc2ccc(C(=O)NNC(=O)Cc3ccc(F)cc3)cc2)cc1[N+](=O)[O-]. The van der Waals surface area contributed by atoms with E-state index < -0.39 is 32.6 Å². The Labute approximate surface area is 194 Å². The number of halogens is 1. The fourth-order valence-corrected chi connectivity index (χ4v) is 3.97. The number of carbonyl (C=O) groups excluding carboxylic acids is 2. The van der Waals surface area contributed by atoms with Crippen LogP contribution in [0, 0.1) is 22.9 Å². The first-order valence-corrected chi connectivity index (χ1v) is 11.2. The number of amides is 2. The molecule has 12 heteroatoms. The number of sulfonamides is 1. The Kier molecular flexibility index (Phi) is 7.21. The Morgan fingerprint density at radius 2 is 1.62 bits per heavy atom. The van der Waals surface area contributed by atoms with Gasteiger partial charge < -0.3 is 0 Å². The van der Waals surface area contributed by atoms with E-state index in [2.05, 4.69) is 15.6 Å². The first-order valence-electron chi connectivity index (χ1n) is 9.77. The number of hydrogen-bond donors (Lipinski definition) is 3. The van der Waals surface area contributed by atoms with Crippen molar-refractivity contribution in [3.05, 3.63) is 99.4 Å². The molecule has 0 radical (unpaired) electrons. The van der Waals surface area contributed by atoms with Gasteiger partial charge in [0.1, 0.15) is 5.82 Å². The van der Waals surface area contributed by atoms with Crippen molar-refractivity contribution in [1.29, 1.82) is 0 Å². The van der Waals surface area contributed by atoms with E-state index >= 15 is 0 Å². The second kappa shape index (κ2) is 10.1. The van der Waals surface area contributed by atoms with Crippen molar-refractivity contribution in [2.24, 2.45) is 0 Å². The molecule has 0 aliphatic rings. The third-order valence-electron chi connectivity index (χ3n) is 4.68. The van der Waals surface area contributed by atoms with Gasteiger partial charge in [0, 0.05) is 22.9 Å². The van der Waals surface area contributed by atoms with Crippen LogP contribution in [0.3, 0.4) is 0 Å². The molecule has 0 unspecified atom stereocenters. The standard InChI is InChI=1S/C22H19FN4O6S/c1-14-2-11-19(13-20(14)27(30)31)34(32,33)26-18-9-5-16(6-10-18)22(29)25-24-21(28)12-15-3-7-17(23)8-4-15/h2-11,13,26H,12H2,1H3,(H,24,28)(H,25,29). The van der Waals surface area contributed by atoms with Crippen molar-refractivity contribution >= 4 is 33.2 Å². The summed E-state index contributed by atoms with van der Waals surface area (Å²) < 4.78 is 40.3. The predicted molar refractivity (Wildman–Crippen MR) is 121 cm³/mol. The molecule has 0 saturated carbocycles. The Balaban J connectivity index is 1.60. The van der Waals surface area contributed by atoms with Crippen molar-refractivity contribution in [2.45, 2.75) is 18.2 Å². The van der Waals surface area contributed by atoms with Crippen LogP contribution in [0.4, 0.5) is 15.8 Å². The van der Waals surface area contributed by atoms with Crippen LogP contribution in [0.5, 0.6) is 0 Å². The fourth-order valence-electron chi connectivity index (χ4n) is 2.89. The number of hydrazine groups is 1. The molecule has 3 N–H and O–H groups in total. The third kappa shape index (κ3) is 6.13. The van der Waals surface area contributed by atoms with Crippen molar-refractivity contribution < 1.29 is 27.3 Å². The maximum Gasteiger partial charge on any atom is 0.273 e. The molecule has 0 aromatic heterocycles. The second-order valence-electron chi connectivity index (χ2n) is 7.19. The lowest BCUT2D eigenvalue weighted by atomic mass is 10.1. The molecule has 0 aliphatic heterocycles. The minimum Gasteiger partial charge on any atom is -0.280 e. The minimum absolute atomic E-state index is 0.0710. The molecule has 0 bridgehead atoms. The Bertz CT molecular complexity index is 1340. The molecule has 10 nitrogen and oxygen atoms in total. The number of aryl methyl sites for hydroxylation is 1. The predicted octanol–water partition coefficient (Wildman–Crippen LogP) is 2.85. The number of nitro groups is 1. The van der Waals surface area contributed by atoms with Crippen molar-refractivity contribution in [3.63, 3.8) is 0 Å². The van der Waals surface area contributed by atoms with E-state index in [-0.39, 0.29) is 28.3 Å². The molecule has 0 heterocycles. The molecule has 3 aromatic carbocycles. The summed E-state index contributed by atoms with van der Waals surface area (Å²) in [7, 11) is -4.11. The van der Waals surface area contributed by atoms with E-state index in [0.29, 0.717) is 11.1 Å². The Morgan fingerprint density at radius 1 is 0.971 bits per heavy atom. The van der Waals surface area contributed by atoms with Crippen LogP contribution in [-0.4, -0.2) is 25.2 Å². The molecule has 3 aromatic rings. The quantitative estimate of drug-likeness (QED) is 0.346. The molecule has 0 atom stereocenters. The van der Waals surface area contributed by atoms with E-state index in [9.17, 15) is 32.5 Å². The van der Waals surface area contributed by atoms with Gasteiger partial charge in [0.15, 0.2) is 0 Å². The summed E-state index contributed by atoms with van der Waals surface area (Å²) in [5, 5.41) is 11.1. The largest absolute Gasteiger partial charge is 0.280 e. The average Bonchev–Trinajstić information content (AvgIpc) is 2.79. The summed E-state index contributed by atoms with van der Waals surface area (Å²) in [5.74, 6) is -1.59. The van der Waals surface area contributed by atoms with Crippen molar-refractivity contribution in [2.75, 3.05) is 4.72 Å². The molecule has 34 heavy (non-hydrogen) atoms. The van der Waals surface area contributed by atoms with Crippen molar-refractivity contribution in [3.8, 4) is 0 Å². The third-order valence-corrected chi connectivity index (χ3v) is 6.06. The highest BCUT2D eigenvalue weighted by Gasteiger charge is 2.20. The zero-order valence-electron chi connectivity index (χ0n) is 17.7. The number of nitro benzene ring substituents is 1. The smallest absolute Gasteiger partial charge is 0.273 e. The van der Waals surface area contributed by atoms with Gasteiger partial charge in [0.25, 0.3) is 21.6 Å². The van der Waals surface area contributed by atoms with Gasteiger partial charge in [0.05, 0.1) is 16.2 Å². The number of nitrogens with zero attached hydrogens (tertiary/aromatic N) is 1. The normalized spacial score (nSPS) is 10.9. The van der Waals surface area contributed by atoms with E-state index in [1.807, 2.05) is 0 Å². The lowest BCUT2D eigenvalue weighted by molar-refractivity contribution is -0.385. The van der Waals surface area contributed by atoms with Crippen LogP contribution < -0.4 is 15.6 Å². The van der Waals surface area contributed by atoms with Gasteiger partial charge in [-0.05, 0) is 55.0 Å². The van der Waals surface area contributed by atoms with Gasteiger partial charge in [-0.25, -0.2) is 12.8 Å². The van der Waals surface area contributed by atoms with Crippen LogP contribution in [-0.2, 0) is 21.2 Å². The molecule has 0 fully saturated rings. The first-order chi connectivity index (χ1) is 16.0. The lowest BCUT2D eigenvalue weighted by Gasteiger charge is -2.10. The zero-order valence-corrected chi connectivity index (χ0v) is 18.6. The van der Waals surface area contributed by atoms with Gasteiger partial charge in [0.2, 0.25) is 5.91 Å². The molecule has 176 valence electrons. The summed E-state index contributed by atoms with van der Waals surface area (Å²) in [5.41, 5.74) is 5.29. The van der Waals surface area contributed by atoms with Gasteiger partial charge >= 0.3 is 0 Å². The Morgan fingerprint density at radius 3 is 2.24 bits per heavy atom. The zero-order chi connectivity index (χ0) is 24.9. The van der Waals surface area contributed by atoms with Crippen LogP contribution >= 0.6 is 0 Å². The topological polar surface area (TPSA) is 148 Å². The van der Waals surface area contributed by atoms with Gasteiger partial charge in [-0.3, -0.25) is 35.3 Å². The summed E-state index contributed by atoms with van der Waals surface area (Å²) in [6.07, 6.45) is -0.0710. The van der Waals surface area contributed by atoms with Crippen LogP contribution in [0.1, 0.15) is 21.5 Å². The van der Waals surface area contributed by atoms with Crippen LogP contribution in [0.25, 0.3) is 0 Å². The maximum absolute atomic E-state index is 12.9. The molecular weight excluding hydrogens is 467 g/mol. The summed E-state index contributed by atoms with van der Waals surface area (Å²) in [6.45, 7) is 1.50. The maximum atomic E-state index is 12.9. The molecule has 3 rings (SSSR count). The van der Waals surface area contributed by atoms with E-state index in [4.69, 9.17) is 0 Å². The highest BCUT2D eigenvalue weighted by Crippen LogP contribution is 2.24. The number of nitrogens with one attached hydrogen (secondary N) is 3. The number of benzene rings is 3. The summed E-state index contributed by atoms with van der Waals surface area (Å²) in [4.78, 5) is 34.3. The van der Waals surface area contributed by atoms with E-state index in [1.54, 1.807) is 0 Å². The molecule has 0 spiro atoms. The minimum atomic E-state index is -4.11.